The minimum atomic E-state index is 0.611. The Morgan fingerprint density at radius 3 is 2.82 bits per heavy atom. The van der Waals surface area contributed by atoms with Crippen LogP contribution in [-0.4, -0.2) is 11.6 Å². The quantitative estimate of drug-likeness (QED) is 0.818. The number of pyridine rings is 1. The first kappa shape index (κ1) is 11.5. The molecule has 0 saturated heterocycles. The lowest BCUT2D eigenvalue weighted by Gasteiger charge is -2.07. The Kier molecular flexibility index (Phi) is 3.60. The van der Waals surface area contributed by atoms with Crippen LogP contribution in [0, 0.1) is 6.92 Å². The largest absolute Gasteiger partial charge is 0.493 e. The van der Waals surface area contributed by atoms with Gasteiger partial charge in [0.15, 0.2) is 0 Å². The molecule has 0 atom stereocenters. The van der Waals surface area contributed by atoms with Crippen LogP contribution in [0.2, 0.25) is 0 Å². The smallest absolute Gasteiger partial charge is 0.121 e. The average Bonchev–Trinajstić information content (AvgIpc) is 2.29. The van der Waals surface area contributed by atoms with Crippen molar-refractivity contribution in [2.75, 3.05) is 12.3 Å². The molecule has 88 valence electrons. The third kappa shape index (κ3) is 3.48. The lowest BCUT2D eigenvalue weighted by molar-refractivity contribution is 0.320. The Bertz CT molecular complexity index is 463. The zero-order valence-electron chi connectivity index (χ0n) is 9.89. The topological polar surface area (TPSA) is 48.1 Å². The number of benzene rings is 1. The highest BCUT2D eigenvalue weighted by Gasteiger charge is 1.98. The summed E-state index contributed by atoms with van der Waals surface area (Å²) in [5, 5.41) is 0. The number of aromatic nitrogens is 1. The number of hydrogen-bond donors (Lipinski definition) is 1. The van der Waals surface area contributed by atoms with Gasteiger partial charge in [0.05, 0.1) is 6.61 Å². The molecule has 2 N–H and O–H groups in total. The van der Waals surface area contributed by atoms with Crippen molar-refractivity contribution in [1.29, 1.82) is 0 Å². The predicted octanol–water partition coefficient (Wildman–Crippen LogP) is 2.59. The van der Waals surface area contributed by atoms with E-state index in [1.165, 1.54) is 0 Å². The first-order valence-corrected chi connectivity index (χ1v) is 5.64. The Morgan fingerprint density at radius 2 is 2.12 bits per heavy atom. The fourth-order valence-corrected chi connectivity index (χ4v) is 1.68. The van der Waals surface area contributed by atoms with Crippen molar-refractivity contribution in [2.24, 2.45) is 0 Å². The highest BCUT2D eigenvalue weighted by Crippen LogP contribution is 2.18. The second-order valence-corrected chi connectivity index (χ2v) is 4.00. The maximum absolute atomic E-state index is 5.75. The van der Waals surface area contributed by atoms with Crippen molar-refractivity contribution < 1.29 is 4.74 Å². The summed E-state index contributed by atoms with van der Waals surface area (Å²) in [5.74, 6) is 0.818. The molecule has 2 rings (SSSR count). The maximum Gasteiger partial charge on any atom is 0.121 e. The summed E-state index contributed by atoms with van der Waals surface area (Å²) < 4.78 is 5.65. The lowest BCUT2D eigenvalue weighted by Crippen LogP contribution is -2.03. The van der Waals surface area contributed by atoms with Gasteiger partial charge in [-0.05, 0) is 36.8 Å². The maximum atomic E-state index is 5.75. The van der Waals surface area contributed by atoms with Gasteiger partial charge in [0.25, 0.3) is 0 Å². The summed E-state index contributed by atoms with van der Waals surface area (Å²) >= 11 is 0. The fraction of sp³-hybridized carbons (Fsp3) is 0.214. The second kappa shape index (κ2) is 5.34. The van der Waals surface area contributed by atoms with Crippen molar-refractivity contribution in [3.8, 4) is 5.75 Å². The SMILES string of the molecule is Cc1cc(N)cc(OCCc2ccccn2)c1. The number of ether oxygens (including phenoxy) is 1. The van der Waals surface area contributed by atoms with Crippen LogP contribution in [0.1, 0.15) is 11.3 Å². The third-order valence-corrected chi connectivity index (χ3v) is 2.43. The van der Waals surface area contributed by atoms with Gasteiger partial charge in [0.2, 0.25) is 0 Å². The lowest BCUT2D eigenvalue weighted by atomic mass is 10.2. The molecule has 3 heteroatoms. The van der Waals surface area contributed by atoms with Crippen LogP contribution < -0.4 is 10.5 Å². The van der Waals surface area contributed by atoms with E-state index in [9.17, 15) is 0 Å². The van der Waals surface area contributed by atoms with E-state index < -0.39 is 0 Å². The average molecular weight is 228 g/mol. The molecule has 2 aromatic rings. The number of anilines is 1. The van der Waals surface area contributed by atoms with E-state index in [-0.39, 0.29) is 0 Å². The molecule has 0 spiro atoms. The fourth-order valence-electron chi connectivity index (χ4n) is 1.68. The molecule has 0 radical (unpaired) electrons. The summed E-state index contributed by atoms with van der Waals surface area (Å²) in [4.78, 5) is 4.24. The van der Waals surface area contributed by atoms with Gasteiger partial charge in [-0.2, -0.15) is 0 Å². The molecule has 1 aromatic heterocycles. The number of nitrogens with zero attached hydrogens (tertiary/aromatic N) is 1. The molecule has 0 saturated carbocycles. The summed E-state index contributed by atoms with van der Waals surface area (Å²) in [6.45, 7) is 2.61. The van der Waals surface area contributed by atoms with E-state index in [0.29, 0.717) is 6.61 Å². The molecular formula is C14H16N2O. The Hall–Kier alpha value is -2.03. The van der Waals surface area contributed by atoms with Crippen LogP contribution >= 0.6 is 0 Å². The monoisotopic (exact) mass is 228 g/mol. The zero-order chi connectivity index (χ0) is 12.1. The van der Waals surface area contributed by atoms with Gasteiger partial charge in [-0.1, -0.05) is 6.07 Å². The summed E-state index contributed by atoms with van der Waals surface area (Å²) in [5.41, 5.74) is 8.63. The molecule has 0 bridgehead atoms. The van der Waals surface area contributed by atoms with E-state index in [4.69, 9.17) is 10.5 Å². The van der Waals surface area contributed by atoms with Crippen LogP contribution in [0.3, 0.4) is 0 Å². The van der Waals surface area contributed by atoms with E-state index in [0.717, 1.165) is 29.1 Å². The van der Waals surface area contributed by atoms with Crippen LogP contribution in [0.15, 0.2) is 42.6 Å². The molecule has 0 unspecified atom stereocenters. The molecule has 0 fully saturated rings. The molecular weight excluding hydrogens is 212 g/mol. The Labute approximate surface area is 101 Å². The van der Waals surface area contributed by atoms with Gasteiger partial charge >= 0.3 is 0 Å². The van der Waals surface area contributed by atoms with Crippen molar-refractivity contribution in [3.05, 3.63) is 53.9 Å². The first-order chi connectivity index (χ1) is 8.24. The van der Waals surface area contributed by atoms with Crippen LogP contribution in [0.4, 0.5) is 5.69 Å². The van der Waals surface area contributed by atoms with Gasteiger partial charge in [0.1, 0.15) is 5.75 Å². The third-order valence-electron chi connectivity index (χ3n) is 2.43. The number of nitrogen functional groups attached to an aromatic ring is 1. The minimum Gasteiger partial charge on any atom is -0.493 e. The normalized spacial score (nSPS) is 10.2. The van der Waals surface area contributed by atoms with Crippen LogP contribution in [0.5, 0.6) is 5.75 Å². The summed E-state index contributed by atoms with van der Waals surface area (Å²) in [6, 6.07) is 11.6. The minimum absolute atomic E-state index is 0.611. The summed E-state index contributed by atoms with van der Waals surface area (Å²) in [7, 11) is 0. The molecule has 1 heterocycles. The molecule has 1 aromatic carbocycles. The van der Waals surface area contributed by atoms with Crippen molar-refractivity contribution in [1.82, 2.24) is 4.98 Å². The van der Waals surface area contributed by atoms with Gasteiger partial charge in [-0.3, -0.25) is 4.98 Å². The van der Waals surface area contributed by atoms with E-state index in [1.807, 2.05) is 43.3 Å². The van der Waals surface area contributed by atoms with Gasteiger partial charge in [0, 0.05) is 30.1 Å². The number of aryl methyl sites for hydroxylation is 1. The zero-order valence-corrected chi connectivity index (χ0v) is 9.89. The number of rotatable bonds is 4. The number of hydrogen-bond acceptors (Lipinski definition) is 3. The molecule has 0 aliphatic heterocycles. The van der Waals surface area contributed by atoms with Crippen molar-refractivity contribution in [3.63, 3.8) is 0 Å². The first-order valence-electron chi connectivity index (χ1n) is 5.64. The Morgan fingerprint density at radius 1 is 1.24 bits per heavy atom. The number of nitrogens with two attached hydrogens (primary N) is 1. The molecule has 0 aliphatic carbocycles. The molecule has 17 heavy (non-hydrogen) atoms. The van der Waals surface area contributed by atoms with Crippen LogP contribution in [0.25, 0.3) is 0 Å². The predicted molar refractivity (Wildman–Crippen MR) is 69.0 cm³/mol. The second-order valence-electron chi connectivity index (χ2n) is 4.00. The Balaban J connectivity index is 1.90. The highest BCUT2D eigenvalue weighted by molar-refractivity contribution is 5.47. The van der Waals surface area contributed by atoms with E-state index >= 15 is 0 Å². The van der Waals surface area contributed by atoms with E-state index in [2.05, 4.69) is 4.98 Å². The molecule has 0 amide bonds. The van der Waals surface area contributed by atoms with Crippen LogP contribution in [-0.2, 0) is 6.42 Å². The van der Waals surface area contributed by atoms with Gasteiger partial charge in [-0.15, -0.1) is 0 Å². The highest BCUT2D eigenvalue weighted by atomic mass is 16.5. The summed E-state index contributed by atoms with van der Waals surface area (Å²) in [6.07, 6.45) is 2.59. The standard InChI is InChI=1S/C14H16N2O/c1-11-8-12(15)10-14(9-11)17-7-5-13-4-2-3-6-16-13/h2-4,6,8-10H,5,7,15H2,1H3. The van der Waals surface area contributed by atoms with E-state index in [1.54, 1.807) is 6.20 Å². The van der Waals surface area contributed by atoms with Gasteiger partial charge < -0.3 is 10.5 Å². The molecule has 3 nitrogen and oxygen atoms in total. The van der Waals surface area contributed by atoms with Crippen molar-refractivity contribution >= 4 is 5.69 Å². The van der Waals surface area contributed by atoms with Crippen molar-refractivity contribution in [2.45, 2.75) is 13.3 Å². The molecule has 0 aliphatic rings. The van der Waals surface area contributed by atoms with Gasteiger partial charge in [-0.25, -0.2) is 0 Å².